The van der Waals surface area contributed by atoms with Gasteiger partial charge in [0.15, 0.2) is 0 Å². The second-order valence-corrected chi connectivity index (χ2v) is 6.41. The number of thiophene rings is 1. The summed E-state index contributed by atoms with van der Waals surface area (Å²) >= 11 is 1.13. The summed E-state index contributed by atoms with van der Waals surface area (Å²) in [6.45, 7) is 0. The first-order valence-electron chi connectivity index (χ1n) is 7.44. The molecule has 2 aromatic heterocycles. The van der Waals surface area contributed by atoms with Crippen LogP contribution in [0.5, 0.6) is 0 Å². The van der Waals surface area contributed by atoms with E-state index in [0.717, 1.165) is 11.3 Å². The van der Waals surface area contributed by atoms with Crippen LogP contribution in [0.25, 0.3) is 21.7 Å². The van der Waals surface area contributed by atoms with Crippen LogP contribution in [0.15, 0.2) is 68.0 Å². The number of nitro groups is 1. The molecule has 9 heteroatoms. The second kappa shape index (κ2) is 6.05. The number of nitro benzene ring substituents is 1. The van der Waals surface area contributed by atoms with Gasteiger partial charge in [0, 0.05) is 22.9 Å². The molecule has 2 heterocycles. The van der Waals surface area contributed by atoms with Gasteiger partial charge in [0.1, 0.15) is 21.0 Å². The van der Waals surface area contributed by atoms with E-state index in [1.165, 1.54) is 24.3 Å². The molecule has 0 saturated carbocycles. The third-order valence-corrected chi connectivity index (χ3v) is 4.70. The maximum absolute atomic E-state index is 12.2. The van der Waals surface area contributed by atoms with Crippen molar-refractivity contribution in [3.63, 3.8) is 0 Å². The Kier molecular flexibility index (Phi) is 3.70. The summed E-state index contributed by atoms with van der Waals surface area (Å²) in [5.74, 6) is 0. The molecule has 4 aromatic rings. The molecule has 0 fully saturated rings. The first-order valence-corrected chi connectivity index (χ1v) is 8.26. The van der Waals surface area contributed by atoms with Crippen molar-refractivity contribution in [2.45, 2.75) is 0 Å². The lowest BCUT2D eigenvalue weighted by Crippen LogP contribution is -2.00. The zero-order valence-corrected chi connectivity index (χ0v) is 13.9. The Hall–Kier alpha value is -3.59. The van der Waals surface area contributed by atoms with Crippen molar-refractivity contribution in [2.24, 2.45) is 10.2 Å². The van der Waals surface area contributed by atoms with E-state index >= 15 is 0 Å². The number of para-hydroxylation sites is 1. The molecule has 0 aliphatic carbocycles. The van der Waals surface area contributed by atoms with E-state index in [-0.39, 0.29) is 11.1 Å². The Morgan fingerprint density at radius 2 is 1.77 bits per heavy atom. The van der Waals surface area contributed by atoms with Gasteiger partial charge >= 0.3 is 5.63 Å². The molecule has 0 radical (unpaired) electrons. The molecule has 0 amide bonds. The molecular weight excluding hydrogens is 356 g/mol. The third kappa shape index (κ3) is 2.60. The fourth-order valence-corrected chi connectivity index (χ4v) is 3.51. The monoisotopic (exact) mass is 366 g/mol. The van der Waals surface area contributed by atoms with Crippen LogP contribution >= 0.6 is 11.3 Å². The number of benzene rings is 2. The van der Waals surface area contributed by atoms with Crippen molar-refractivity contribution in [3.05, 3.63) is 69.1 Å². The minimum Gasteiger partial charge on any atom is -0.422 e. The van der Waals surface area contributed by atoms with Crippen LogP contribution in [0.4, 0.5) is 21.4 Å². The highest BCUT2D eigenvalue weighted by Crippen LogP contribution is 2.42. The Labute approximate surface area is 149 Å². The predicted octanol–water partition coefficient (Wildman–Crippen LogP) is 4.91. The maximum Gasteiger partial charge on any atom is 0.347 e. The van der Waals surface area contributed by atoms with Gasteiger partial charge in [0.05, 0.1) is 10.6 Å². The molecule has 0 aliphatic heterocycles. The van der Waals surface area contributed by atoms with Gasteiger partial charge in [-0.05, 0) is 18.2 Å². The summed E-state index contributed by atoms with van der Waals surface area (Å²) in [7, 11) is 0. The smallest absolute Gasteiger partial charge is 0.347 e. The maximum atomic E-state index is 12.2. The van der Waals surface area contributed by atoms with Crippen LogP contribution in [0, 0.1) is 10.1 Å². The molecule has 128 valence electrons. The van der Waals surface area contributed by atoms with Crippen LogP contribution < -0.4 is 11.4 Å². The molecule has 0 bridgehead atoms. The zero-order valence-electron chi connectivity index (χ0n) is 13.1. The largest absolute Gasteiger partial charge is 0.422 e. The van der Waals surface area contributed by atoms with E-state index in [0.29, 0.717) is 32.0 Å². The second-order valence-electron chi connectivity index (χ2n) is 5.38. The number of anilines is 1. The van der Waals surface area contributed by atoms with Crippen LogP contribution in [0.3, 0.4) is 0 Å². The Morgan fingerprint density at radius 3 is 2.50 bits per heavy atom. The Bertz CT molecular complexity index is 1240. The van der Waals surface area contributed by atoms with Crippen molar-refractivity contribution in [1.82, 2.24) is 0 Å². The summed E-state index contributed by atoms with van der Waals surface area (Å²) < 4.78 is 5.30. The lowest BCUT2D eigenvalue weighted by molar-refractivity contribution is -0.384. The lowest BCUT2D eigenvalue weighted by atomic mass is 10.1. The normalized spacial score (nSPS) is 11.5. The predicted molar refractivity (Wildman–Crippen MR) is 99.6 cm³/mol. The van der Waals surface area contributed by atoms with Gasteiger partial charge in [-0.2, -0.15) is 0 Å². The number of fused-ring (bicyclic) bond motifs is 3. The number of nitrogen functional groups attached to an aromatic ring is 1. The Morgan fingerprint density at radius 1 is 1.04 bits per heavy atom. The number of non-ortho nitro benzene ring substituents is 1. The molecule has 0 saturated heterocycles. The zero-order chi connectivity index (χ0) is 18.3. The summed E-state index contributed by atoms with van der Waals surface area (Å²) in [4.78, 5) is 22.4. The van der Waals surface area contributed by atoms with Gasteiger partial charge in [-0.15, -0.1) is 10.2 Å². The van der Waals surface area contributed by atoms with Crippen molar-refractivity contribution in [1.29, 1.82) is 0 Å². The van der Waals surface area contributed by atoms with Gasteiger partial charge in [-0.3, -0.25) is 10.1 Å². The van der Waals surface area contributed by atoms with Gasteiger partial charge in [0.25, 0.3) is 5.69 Å². The molecule has 2 N–H and O–H groups in total. The van der Waals surface area contributed by atoms with E-state index < -0.39 is 10.5 Å². The van der Waals surface area contributed by atoms with E-state index in [1.54, 1.807) is 12.1 Å². The van der Waals surface area contributed by atoms with Crippen molar-refractivity contribution < 1.29 is 9.34 Å². The highest BCUT2D eigenvalue weighted by Gasteiger charge is 2.17. The number of hydrogen-bond donors (Lipinski definition) is 1. The molecular formula is C17H10N4O4S. The summed E-state index contributed by atoms with van der Waals surface area (Å²) in [6, 6.07) is 12.8. The van der Waals surface area contributed by atoms with E-state index in [1.807, 2.05) is 12.1 Å². The number of rotatable bonds is 3. The van der Waals surface area contributed by atoms with E-state index in [2.05, 4.69) is 10.2 Å². The third-order valence-electron chi connectivity index (χ3n) is 3.80. The number of azo groups is 1. The minimum atomic E-state index is -0.524. The van der Waals surface area contributed by atoms with Crippen molar-refractivity contribution in [2.75, 3.05) is 5.73 Å². The standard InChI is InChI=1S/C17H10N4O4S/c18-15-14-13(11-3-1-2-4-12(11)25-17(14)22)16(26-15)20-19-9-5-7-10(8-6-9)21(23)24/h1-8H,18H2. The minimum absolute atomic E-state index is 0.0293. The molecule has 8 nitrogen and oxygen atoms in total. The van der Waals surface area contributed by atoms with Gasteiger partial charge < -0.3 is 10.2 Å². The van der Waals surface area contributed by atoms with E-state index in [9.17, 15) is 14.9 Å². The summed E-state index contributed by atoms with van der Waals surface area (Å²) in [5, 5.41) is 21.4. The molecule has 0 aliphatic rings. The molecule has 0 unspecified atom stereocenters. The average Bonchev–Trinajstić information content (AvgIpc) is 2.98. The number of nitrogens with zero attached hydrogens (tertiary/aromatic N) is 3. The SMILES string of the molecule is Nc1sc(N=Nc2ccc([N+](=O)[O-])cc2)c2c1c(=O)oc1ccccc12. The molecule has 0 atom stereocenters. The summed E-state index contributed by atoms with van der Waals surface area (Å²) in [6.07, 6.45) is 0. The number of nitrogens with two attached hydrogens (primary N) is 1. The quantitative estimate of drug-likeness (QED) is 0.239. The average molecular weight is 366 g/mol. The highest BCUT2D eigenvalue weighted by atomic mass is 32.1. The molecule has 2 aromatic carbocycles. The fraction of sp³-hybridized carbons (Fsp3) is 0. The fourth-order valence-electron chi connectivity index (χ4n) is 2.62. The Balaban J connectivity index is 1.86. The highest BCUT2D eigenvalue weighted by molar-refractivity contribution is 7.21. The van der Waals surface area contributed by atoms with Gasteiger partial charge in [-0.1, -0.05) is 29.5 Å². The molecule has 26 heavy (non-hydrogen) atoms. The topological polar surface area (TPSA) is 124 Å². The first-order chi connectivity index (χ1) is 12.5. The van der Waals surface area contributed by atoms with Gasteiger partial charge in [0.2, 0.25) is 0 Å². The van der Waals surface area contributed by atoms with Crippen LogP contribution in [0.1, 0.15) is 0 Å². The number of hydrogen-bond acceptors (Lipinski definition) is 8. The molecule has 4 rings (SSSR count). The molecule has 0 spiro atoms. The first kappa shape index (κ1) is 15.9. The van der Waals surface area contributed by atoms with Crippen molar-refractivity contribution in [3.8, 4) is 0 Å². The van der Waals surface area contributed by atoms with E-state index in [4.69, 9.17) is 10.2 Å². The van der Waals surface area contributed by atoms with Crippen LogP contribution in [0.2, 0.25) is 0 Å². The lowest BCUT2D eigenvalue weighted by Gasteiger charge is -1.99. The van der Waals surface area contributed by atoms with Crippen LogP contribution in [-0.4, -0.2) is 4.92 Å². The van der Waals surface area contributed by atoms with Crippen LogP contribution in [-0.2, 0) is 0 Å². The van der Waals surface area contributed by atoms with Gasteiger partial charge in [-0.25, -0.2) is 4.79 Å². The summed E-state index contributed by atoms with van der Waals surface area (Å²) in [5.41, 5.74) is 6.31. The van der Waals surface area contributed by atoms with Crippen molar-refractivity contribution >= 4 is 54.5 Å².